The van der Waals surface area contributed by atoms with Crippen molar-refractivity contribution in [3.8, 4) is 0 Å². The second kappa shape index (κ2) is 18.6. The standard InChI is InChI=1S/C18H33NO6.2Na/c1-3-4-5-6-7-8-9-10-11-12-15(21)18(17(24)25,13-16(22)23)19-14(2)20;;/h14,19-20H,3-13H2,1-2H3,(H,22,23)(H,24,25);;/q;2*+1/p-2. The number of carboxylic acid groups (broad SMARTS) is 2. The SMILES string of the molecule is CCCCCCCCCCCC(=O)C(CC(=O)[O-])(NC(C)O)C(=O)[O-].[Na+].[Na+]. The molecule has 0 saturated carbocycles. The van der Waals surface area contributed by atoms with Crippen LogP contribution in [0.2, 0.25) is 0 Å². The van der Waals surface area contributed by atoms with Gasteiger partial charge in [-0.25, -0.2) is 0 Å². The van der Waals surface area contributed by atoms with Crippen LogP contribution >= 0.6 is 0 Å². The van der Waals surface area contributed by atoms with Gasteiger partial charge in [-0.1, -0.05) is 58.3 Å². The molecule has 0 aromatic carbocycles. The van der Waals surface area contributed by atoms with E-state index in [1.165, 1.54) is 32.6 Å². The van der Waals surface area contributed by atoms with Crippen LogP contribution in [0.25, 0.3) is 0 Å². The van der Waals surface area contributed by atoms with Gasteiger partial charge < -0.3 is 24.9 Å². The average Bonchev–Trinajstić information content (AvgIpc) is 2.51. The molecule has 7 nitrogen and oxygen atoms in total. The Morgan fingerprint density at radius 3 is 1.74 bits per heavy atom. The summed E-state index contributed by atoms with van der Waals surface area (Å²) in [4.78, 5) is 34.5. The zero-order chi connectivity index (χ0) is 19.3. The molecule has 0 aliphatic heterocycles. The molecule has 9 heteroatoms. The molecule has 2 atom stereocenters. The molecule has 0 radical (unpaired) electrons. The van der Waals surface area contributed by atoms with Gasteiger partial charge in [-0.15, -0.1) is 0 Å². The van der Waals surface area contributed by atoms with Crippen molar-refractivity contribution in [2.75, 3.05) is 0 Å². The molecule has 0 aromatic heterocycles. The second-order valence-electron chi connectivity index (χ2n) is 6.56. The largest absolute Gasteiger partial charge is 1.00 e. The number of hydrogen-bond donors (Lipinski definition) is 2. The van der Waals surface area contributed by atoms with Gasteiger partial charge in [0.2, 0.25) is 0 Å². The van der Waals surface area contributed by atoms with E-state index in [4.69, 9.17) is 0 Å². The maximum atomic E-state index is 12.3. The zero-order valence-electron chi connectivity index (χ0n) is 17.3. The minimum atomic E-state index is -2.45. The van der Waals surface area contributed by atoms with Gasteiger partial charge in [-0.3, -0.25) is 10.1 Å². The summed E-state index contributed by atoms with van der Waals surface area (Å²) in [6, 6.07) is 0. The van der Waals surface area contributed by atoms with Crippen molar-refractivity contribution in [2.24, 2.45) is 0 Å². The number of ketones is 1. The zero-order valence-corrected chi connectivity index (χ0v) is 21.3. The predicted octanol–water partition coefficient (Wildman–Crippen LogP) is -5.96. The normalized spacial score (nSPS) is 13.6. The topological polar surface area (TPSA) is 130 Å². The molecule has 0 saturated heterocycles. The summed E-state index contributed by atoms with van der Waals surface area (Å²) in [6.45, 7) is 3.37. The number of carbonyl (C=O) groups excluding carboxylic acids is 3. The molecule has 146 valence electrons. The number of aliphatic carboxylic acids is 2. The number of aliphatic hydroxyl groups excluding tert-OH is 1. The molecule has 0 spiro atoms. The Morgan fingerprint density at radius 2 is 1.37 bits per heavy atom. The van der Waals surface area contributed by atoms with E-state index in [0.29, 0.717) is 6.42 Å². The van der Waals surface area contributed by atoms with Crippen LogP contribution < -0.4 is 74.6 Å². The fraction of sp³-hybridized carbons (Fsp3) is 0.833. The van der Waals surface area contributed by atoms with E-state index in [1.807, 2.05) is 0 Å². The van der Waals surface area contributed by atoms with E-state index in [9.17, 15) is 29.7 Å². The Kier molecular flexibility index (Phi) is 22.1. The fourth-order valence-corrected chi connectivity index (χ4v) is 2.86. The van der Waals surface area contributed by atoms with E-state index < -0.39 is 35.9 Å². The molecular weight excluding hydrogens is 372 g/mol. The Morgan fingerprint density at radius 1 is 0.926 bits per heavy atom. The van der Waals surface area contributed by atoms with Crippen LogP contribution in [0.15, 0.2) is 0 Å². The molecule has 0 aliphatic carbocycles. The van der Waals surface area contributed by atoms with Crippen molar-refractivity contribution >= 4 is 17.7 Å². The molecule has 0 rings (SSSR count). The monoisotopic (exact) mass is 403 g/mol. The summed E-state index contributed by atoms with van der Waals surface area (Å²) in [5, 5.41) is 33.7. The van der Waals surface area contributed by atoms with Gasteiger partial charge in [0.05, 0.1) is 5.97 Å². The molecule has 0 aromatic rings. The molecule has 0 aliphatic rings. The maximum absolute atomic E-state index is 12.3. The smallest absolute Gasteiger partial charge is 0.550 e. The maximum Gasteiger partial charge on any atom is 1.00 e. The van der Waals surface area contributed by atoms with Crippen molar-refractivity contribution in [1.82, 2.24) is 5.32 Å². The van der Waals surface area contributed by atoms with Crippen LogP contribution in [0.3, 0.4) is 0 Å². The fourth-order valence-electron chi connectivity index (χ4n) is 2.86. The Labute approximate surface area is 206 Å². The number of Topliss-reactive ketones (excluding diaryl/α,β-unsaturated/α-hetero) is 1. The summed E-state index contributed by atoms with van der Waals surface area (Å²) in [5.41, 5.74) is -2.45. The molecule has 0 bridgehead atoms. The second-order valence-corrected chi connectivity index (χ2v) is 6.56. The van der Waals surface area contributed by atoms with Crippen LogP contribution in [0, 0.1) is 0 Å². The predicted molar refractivity (Wildman–Crippen MR) is 89.0 cm³/mol. The number of carbonyl (C=O) groups is 3. The molecular formula is C18H31NNa2O6. The Hall–Kier alpha value is 0.530. The van der Waals surface area contributed by atoms with Crippen LogP contribution in [0.1, 0.15) is 84.5 Å². The third kappa shape index (κ3) is 14.2. The van der Waals surface area contributed by atoms with Crippen molar-refractivity contribution in [3.05, 3.63) is 0 Å². The summed E-state index contributed by atoms with van der Waals surface area (Å²) >= 11 is 0. The number of hydrogen-bond acceptors (Lipinski definition) is 7. The summed E-state index contributed by atoms with van der Waals surface area (Å²) in [5.74, 6) is -4.36. The van der Waals surface area contributed by atoms with Crippen molar-refractivity contribution in [2.45, 2.75) is 96.2 Å². The van der Waals surface area contributed by atoms with Crippen LogP contribution in [-0.4, -0.2) is 34.6 Å². The van der Waals surface area contributed by atoms with E-state index in [1.54, 1.807) is 0 Å². The van der Waals surface area contributed by atoms with Gasteiger partial charge in [0.1, 0.15) is 11.8 Å². The first kappa shape index (κ1) is 32.2. The van der Waals surface area contributed by atoms with Gasteiger partial charge >= 0.3 is 59.1 Å². The van der Waals surface area contributed by atoms with Crippen LogP contribution in [0.5, 0.6) is 0 Å². The molecule has 0 amide bonds. The van der Waals surface area contributed by atoms with Crippen LogP contribution in [-0.2, 0) is 14.4 Å². The van der Waals surface area contributed by atoms with Gasteiger partial charge in [0, 0.05) is 18.8 Å². The first-order chi connectivity index (χ1) is 11.8. The average molecular weight is 403 g/mol. The number of rotatable bonds is 16. The Balaban J connectivity index is -0.00000288. The third-order valence-corrected chi connectivity index (χ3v) is 4.20. The molecule has 2 unspecified atom stereocenters. The first-order valence-electron chi connectivity index (χ1n) is 9.16. The van der Waals surface area contributed by atoms with Crippen molar-refractivity contribution < 1.29 is 88.8 Å². The molecule has 0 fully saturated rings. The van der Waals surface area contributed by atoms with E-state index in [-0.39, 0.29) is 65.5 Å². The molecule has 2 N–H and O–H groups in total. The van der Waals surface area contributed by atoms with Gasteiger partial charge in [0.25, 0.3) is 0 Å². The third-order valence-electron chi connectivity index (χ3n) is 4.20. The number of unbranched alkanes of at least 4 members (excludes halogenated alkanes) is 8. The number of nitrogens with one attached hydrogen (secondary N) is 1. The summed E-state index contributed by atoms with van der Waals surface area (Å²) in [6.07, 6.45) is 6.74. The summed E-state index contributed by atoms with van der Waals surface area (Å²) < 4.78 is 0. The quantitative estimate of drug-likeness (QED) is 0.114. The Bertz CT molecular complexity index is 434. The number of carboxylic acids is 2. The van der Waals surface area contributed by atoms with Gasteiger partial charge in [-0.05, 0) is 13.3 Å². The van der Waals surface area contributed by atoms with Gasteiger partial charge in [-0.2, -0.15) is 0 Å². The van der Waals surface area contributed by atoms with Crippen molar-refractivity contribution in [3.63, 3.8) is 0 Å². The minimum Gasteiger partial charge on any atom is -0.550 e. The van der Waals surface area contributed by atoms with E-state index in [2.05, 4.69) is 12.2 Å². The first-order valence-corrected chi connectivity index (χ1v) is 9.16. The summed E-state index contributed by atoms with van der Waals surface area (Å²) in [7, 11) is 0. The van der Waals surface area contributed by atoms with Gasteiger partial charge in [0.15, 0.2) is 5.78 Å². The van der Waals surface area contributed by atoms with E-state index >= 15 is 0 Å². The van der Waals surface area contributed by atoms with E-state index in [0.717, 1.165) is 25.7 Å². The van der Waals surface area contributed by atoms with Crippen molar-refractivity contribution in [1.29, 1.82) is 0 Å². The van der Waals surface area contributed by atoms with Crippen LogP contribution in [0.4, 0.5) is 0 Å². The number of aliphatic hydroxyl groups is 1. The molecule has 0 heterocycles. The molecule has 27 heavy (non-hydrogen) atoms. The minimum absolute atomic E-state index is 0.